The first kappa shape index (κ1) is 19.7. The van der Waals surface area contributed by atoms with Crippen LogP contribution in [0.2, 0.25) is 0 Å². The maximum atomic E-state index is 9.42. The predicted molar refractivity (Wildman–Crippen MR) is 116 cm³/mol. The van der Waals surface area contributed by atoms with Crippen molar-refractivity contribution in [1.82, 2.24) is 15.0 Å². The van der Waals surface area contributed by atoms with E-state index in [1.54, 1.807) is 26.5 Å². The zero-order valence-electron chi connectivity index (χ0n) is 17.8. The fraction of sp³-hybridized carbons (Fsp3) is 0.364. The first-order valence-electron chi connectivity index (χ1n) is 9.62. The van der Waals surface area contributed by atoms with Crippen LogP contribution in [0.3, 0.4) is 0 Å². The lowest BCUT2D eigenvalue weighted by atomic mass is 9.83. The van der Waals surface area contributed by atoms with Crippen molar-refractivity contribution in [2.24, 2.45) is 5.41 Å². The zero-order valence-corrected chi connectivity index (χ0v) is 17.8. The van der Waals surface area contributed by atoms with E-state index in [9.17, 15) is 5.26 Å². The van der Waals surface area contributed by atoms with Crippen LogP contribution in [0.5, 0.6) is 11.5 Å². The van der Waals surface area contributed by atoms with Gasteiger partial charge in [0.2, 0.25) is 0 Å². The standard InChI is InChI=1S/C22H24N6O2/c1-12-16(29-4)7-17(30-5)13(2)19(12)20-26-15-8-25-18(24)6-14(15)21(27-20)28-10-22(3,9-23)11-28/h6-8H,10-11H2,1-5H3,(H2,24,25). The highest BCUT2D eigenvalue weighted by molar-refractivity contribution is 5.93. The number of nitrogen functional groups attached to an aromatic ring is 1. The number of ether oxygens (including phenoxy) is 2. The van der Waals surface area contributed by atoms with Gasteiger partial charge in [0.1, 0.15) is 23.1 Å². The Morgan fingerprint density at radius 2 is 1.73 bits per heavy atom. The highest BCUT2D eigenvalue weighted by Gasteiger charge is 2.40. The maximum Gasteiger partial charge on any atom is 0.163 e. The molecule has 0 unspecified atom stereocenters. The molecule has 2 N–H and O–H groups in total. The van der Waals surface area contributed by atoms with E-state index in [4.69, 9.17) is 25.2 Å². The van der Waals surface area contributed by atoms with Gasteiger partial charge in [-0.25, -0.2) is 15.0 Å². The van der Waals surface area contributed by atoms with Gasteiger partial charge in [-0.3, -0.25) is 0 Å². The third-order valence-corrected chi connectivity index (χ3v) is 5.65. The number of benzene rings is 1. The quantitative estimate of drug-likeness (QED) is 0.705. The van der Waals surface area contributed by atoms with Gasteiger partial charge in [-0.2, -0.15) is 5.26 Å². The number of rotatable bonds is 4. The topological polar surface area (TPSA) is 110 Å². The van der Waals surface area contributed by atoms with Gasteiger partial charge in [0.15, 0.2) is 5.82 Å². The largest absolute Gasteiger partial charge is 0.496 e. The van der Waals surface area contributed by atoms with Crippen LogP contribution >= 0.6 is 0 Å². The van der Waals surface area contributed by atoms with Crippen LogP contribution in [0.15, 0.2) is 18.3 Å². The second kappa shape index (κ2) is 7.02. The van der Waals surface area contributed by atoms with Crippen LogP contribution in [0, 0.1) is 30.6 Å². The molecule has 0 radical (unpaired) electrons. The smallest absolute Gasteiger partial charge is 0.163 e. The molecule has 0 spiro atoms. The molecule has 8 heteroatoms. The summed E-state index contributed by atoms with van der Waals surface area (Å²) in [4.78, 5) is 16.0. The second-order valence-electron chi connectivity index (χ2n) is 7.93. The summed E-state index contributed by atoms with van der Waals surface area (Å²) in [6.07, 6.45) is 1.66. The van der Waals surface area contributed by atoms with Crippen LogP contribution < -0.4 is 20.1 Å². The minimum Gasteiger partial charge on any atom is -0.496 e. The molecule has 154 valence electrons. The molecule has 1 fully saturated rings. The molecule has 0 amide bonds. The third kappa shape index (κ3) is 3.03. The molecule has 1 saturated heterocycles. The molecule has 30 heavy (non-hydrogen) atoms. The van der Waals surface area contributed by atoms with Crippen molar-refractivity contribution >= 4 is 22.5 Å². The Labute approximate surface area is 175 Å². The van der Waals surface area contributed by atoms with Crippen molar-refractivity contribution in [3.8, 4) is 29.0 Å². The van der Waals surface area contributed by atoms with Gasteiger partial charge >= 0.3 is 0 Å². The van der Waals surface area contributed by atoms with E-state index in [2.05, 4.69) is 16.0 Å². The predicted octanol–water partition coefficient (Wildman–Crippen LogP) is 3.26. The number of nitrogens with zero attached hydrogens (tertiary/aromatic N) is 5. The van der Waals surface area contributed by atoms with Crippen molar-refractivity contribution < 1.29 is 9.47 Å². The fourth-order valence-electron chi connectivity index (χ4n) is 4.02. The third-order valence-electron chi connectivity index (χ3n) is 5.65. The molecule has 0 bridgehead atoms. The van der Waals surface area contributed by atoms with Gasteiger partial charge in [0.25, 0.3) is 0 Å². The molecule has 1 aliphatic rings. The second-order valence-corrected chi connectivity index (χ2v) is 7.93. The van der Waals surface area contributed by atoms with E-state index in [0.29, 0.717) is 41.7 Å². The first-order chi connectivity index (χ1) is 14.3. The van der Waals surface area contributed by atoms with Gasteiger partial charge < -0.3 is 20.1 Å². The summed E-state index contributed by atoms with van der Waals surface area (Å²) in [6, 6.07) is 6.02. The highest BCUT2D eigenvalue weighted by Crippen LogP contribution is 2.41. The van der Waals surface area contributed by atoms with Crippen LogP contribution in [-0.4, -0.2) is 42.3 Å². The minimum atomic E-state index is -0.388. The Morgan fingerprint density at radius 1 is 1.10 bits per heavy atom. The van der Waals surface area contributed by atoms with Crippen LogP contribution in [0.25, 0.3) is 22.3 Å². The summed E-state index contributed by atoms with van der Waals surface area (Å²) >= 11 is 0. The van der Waals surface area contributed by atoms with Crippen LogP contribution in [0.1, 0.15) is 18.1 Å². The molecular weight excluding hydrogens is 380 g/mol. The monoisotopic (exact) mass is 404 g/mol. The van der Waals surface area contributed by atoms with Gasteiger partial charge in [-0.05, 0) is 26.8 Å². The molecule has 0 aliphatic carbocycles. The number of hydrogen-bond donors (Lipinski definition) is 1. The average molecular weight is 404 g/mol. The lowest BCUT2D eigenvalue weighted by Crippen LogP contribution is -2.54. The summed E-state index contributed by atoms with van der Waals surface area (Å²) in [5.41, 5.74) is 8.94. The van der Waals surface area contributed by atoms with Crippen molar-refractivity contribution in [2.45, 2.75) is 20.8 Å². The SMILES string of the molecule is COc1cc(OC)c(C)c(-c2nc(N3CC(C)(C#N)C3)c3cc(N)ncc3n2)c1C. The summed E-state index contributed by atoms with van der Waals surface area (Å²) in [7, 11) is 3.26. The van der Waals surface area contributed by atoms with E-state index in [1.165, 1.54) is 0 Å². The van der Waals surface area contributed by atoms with E-state index in [1.807, 2.05) is 26.8 Å². The maximum absolute atomic E-state index is 9.42. The molecular formula is C22H24N6O2. The van der Waals surface area contributed by atoms with Crippen molar-refractivity contribution in [3.05, 3.63) is 29.5 Å². The highest BCUT2D eigenvalue weighted by atomic mass is 16.5. The number of nitrogens with two attached hydrogens (primary N) is 1. The van der Waals surface area contributed by atoms with E-state index < -0.39 is 0 Å². The number of methoxy groups -OCH3 is 2. The van der Waals surface area contributed by atoms with E-state index in [0.717, 1.165) is 27.9 Å². The Morgan fingerprint density at radius 3 is 2.30 bits per heavy atom. The Bertz CT molecular complexity index is 1170. The van der Waals surface area contributed by atoms with Crippen molar-refractivity contribution in [1.29, 1.82) is 5.26 Å². The zero-order chi connectivity index (χ0) is 21.6. The van der Waals surface area contributed by atoms with Crippen LogP contribution in [0.4, 0.5) is 11.6 Å². The fourth-order valence-corrected chi connectivity index (χ4v) is 4.02. The van der Waals surface area contributed by atoms with Gasteiger partial charge in [0.05, 0.1) is 37.4 Å². The lowest BCUT2D eigenvalue weighted by molar-refractivity contribution is 0.335. The summed E-state index contributed by atoms with van der Waals surface area (Å²) in [5, 5.41) is 10.2. The Kier molecular flexibility index (Phi) is 4.61. The first-order valence-corrected chi connectivity index (χ1v) is 9.62. The lowest BCUT2D eigenvalue weighted by Gasteiger charge is -2.44. The number of pyridine rings is 1. The normalized spacial score (nSPS) is 14.9. The Balaban J connectivity index is 1.96. The number of anilines is 2. The van der Waals surface area contributed by atoms with Gasteiger partial charge in [0, 0.05) is 41.2 Å². The van der Waals surface area contributed by atoms with Crippen LogP contribution in [-0.2, 0) is 0 Å². The molecule has 1 aromatic carbocycles. The van der Waals surface area contributed by atoms with E-state index in [-0.39, 0.29) is 5.41 Å². The molecule has 4 rings (SSSR count). The molecule has 3 aromatic rings. The molecule has 0 atom stereocenters. The summed E-state index contributed by atoms with van der Waals surface area (Å²) in [6.45, 7) is 7.09. The molecule has 2 aromatic heterocycles. The molecule has 0 saturated carbocycles. The number of hydrogen-bond acceptors (Lipinski definition) is 8. The van der Waals surface area contributed by atoms with Gasteiger partial charge in [-0.15, -0.1) is 0 Å². The summed E-state index contributed by atoms with van der Waals surface area (Å²) in [5.74, 6) is 3.11. The van der Waals surface area contributed by atoms with E-state index >= 15 is 0 Å². The number of aromatic nitrogens is 3. The van der Waals surface area contributed by atoms with Crippen molar-refractivity contribution in [3.63, 3.8) is 0 Å². The summed E-state index contributed by atoms with van der Waals surface area (Å²) < 4.78 is 11.1. The number of fused-ring (bicyclic) bond motifs is 1. The molecule has 8 nitrogen and oxygen atoms in total. The Hall–Kier alpha value is -3.60. The number of nitriles is 1. The van der Waals surface area contributed by atoms with Gasteiger partial charge in [-0.1, -0.05) is 0 Å². The minimum absolute atomic E-state index is 0.388. The molecule has 1 aliphatic heterocycles. The molecule has 3 heterocycles. The average Bonchev–Trinajstić information content (AvgIpc) is 2.71. The van der Waals surface area contributed by atoms with Crippen molar-refractivity contribution in [2.75, 3.05) is 37.9 Å².